The number of rotatable bonds is 2. The Bertz CT molecular complexity index is 455. The SMILES string of the molecule is COc1ccc([C@H]2OC[C@H]3OC=C[C@@H](O)[C@@H]3O2)cc1. The Morgan fingerprint density at radius 1 is 1.26 bits per heavy atom. The Morgan fingerprint density at radius 2 is 2.05 bits per heavy atom. The molecule has 0 saturated carbocycles. The van der Waals surface area contributed by atoms with E-state index in [2.05, 4.69) is 0 Å². The van der Waals surface area contributed by atoms with Gasteiger partial charge in [0, 0.05) is 5.56 Å². The van der Waals surface area contributed by atoms with Gasteiger partial charge in [0.2, 0.25) is 0 Å². The lowest BCUT2D eigenvalue weighted by atomic mass is 10.0. The van der Waals surface area contributed by atoms with E-state index in [-0.39, 0.29) is 6.10 Å². The van der Waals surface area contributed by atoms with E-state index in [1.807, 2.05) is 24.3 Å². The third-order valence-electron chi connectivity index (χ3n) is 3.31. The number of hydrogen-bond donors (Lipinski definition) is 1. The van der Waals surface area contributed by atoms with E-state index in [4.69, 9.17) is 18.9 Å². The lowest BCUT2D eigenvalue weighted by molar-refractivity contribution is -0.276. The Morgan fingerprint density at radius 3 is 2.79 bits per heavy atom. The molecule has 2 aliphatic heterocycles. The lowest BCUT2D eigenvalue weighted by Gasteiger charge is -2.39. The smallest absolute Gasteiger partial charge is 0.184 e. The van der Waals surface area contributed by atoms with Crippen LogP contribution < -0.4 is 4.74 Å². The van der Waals surface area contributed by atoms with Gasteiger partial charge in [-0.05, 0) is 18.2 Å². The molecule has 0 unspecified atom stereocenters. The standard InChI is InChI=1S/C14H16O5/c1-16-10-4-2-9(3-5-10)14-18-8-12-13(19-14)11(15)6-7-17-12/h2-7,11-15H,8H2,1H3/t11-,12-,13+,14+/m1/s1. The average molecular weight is 264 g/mol. The lowest BCUT2D eigenvalue weighted by Crippen LogP contribution is -2.49. The van der Waals surface area contributed by atoms with Crippen LogP contribution in [0.2, 0.25) is 0 Å². The summed E-state index contributed by atoms with van der Waals surface area (Å²) in [5.74, 6) is 0.779. The average Bonchev–Trinajstić information content (AvgIpc) is 2.47. The maximum absolute atomic E-state index is 9.88. The van der Waals surface area contributed by atoms with Gasteiger partial charge in [-0.2, -0.15) is 0 Å². The predicted octanol–water partition coefficient (Wildman–Crippen LogP) is 1.38. The summed E-state index contributed by atoms with van der Waals surface area (Å²) in [5.41, 5.74) is 0.890. The van der Waals surface area contributed by atoms with Crippen LogP contribution in [0.25, 0.3) is 0 Å². The van der Waals surface area contributed by atoms with Crippen LogP contribution in [0.15, 0.2) is 36.6 Å². The summed E-state index contributed by atoms with van der Waals surface area (Å²) in [6.07, 6.45) is 1.27. The van der Waals surface area contributed by atoms with E-state index < -0.39 is 18.5 Å². The molecule has 1 aromatic carbocycles. The Balaban J connectivity index is 1.74. The predicted molar refractivity (Wildman–Crippen MR) is 66.6 cm³/mol. The molecule has 2 heterocycles. The molecule has 0 radical (unpaired) electrons. The first-order chi connectivity index (χ1) is 9.28. The molecule has 0 spiro atoms. The quantitative estimate of drug-likeness (QED) is 0.874. The molecule has 1 N–H and O–H groups in total. The maximum atomic E-state index is 9.88. The van der Waals surface area contributed by atoms with Gasteiger partial charge < -0.3 is 24.1 Å². The second-order valence-electron chi connectivity index (χ2n) is 4.53. The maximum Gasteiger partial charge on any atom is 0.184 e. The summed E-state index contributed by atoms with van der Waals surface area (Å²) in [6, 6.07) is 7.47. The molecule has 2 aliphatic rings. The first-order valence-corrected chi connectivity index (χ1v) is 6.19. The first-order valence-electron chi connectivity index (χ1n) is 6.19. The van der Waals surface area contributed by atoms with Gasteiger partial charge >= 0.3 is 0 Å². The van der Waals surface area contributed by atoms with Crippen LogP contribution in [-0.2, 0) is 14.2 Å². The first kappa shape index (κ1) is 12.5. The molecule has 0 amide bonds. The van der Waals surface area contributed by atoms with Gasteiger partial charge in [-0.1, -0.05) is 12.1 Å². The van der Waals surface area contributed by atoms with Gasteiger partial charge in [0.05, 0.1) is 20.0 Å². The number of fused-ring (bicyclic) bond motifs is 1. The fraction of sp³-hybridized carbons (Fsp3) is 0.429. The van der Waals surface area contributed by atoms with Crippen molar-refractivity contribution in [2.75, 3.05) is 13.7 Å². The number of aliphatic hydroxyl groups excluding tert-OH is 1. The minimum absolute atomic E-state index is 0.255. The zero-order valence-electron chi connectivity index (χ0n) is 10.6. The highest BCUT2D eigenvalue weighted by Crippen LogP contribution is 2.31. The summed E-state index contributed by atoms with van der Waals surface area (Å²) < 4.78 is 21.9. The fourth-order valence-corrected chi connectivity index (χ4v) is 2.24. The molecule has 5 nitrogen and oxygen atoms in total. The molecule has 5 heteroatoms. The third-order valence-corrected chi connectivity index (χ3v) is 3.31. The van der Waals surface area contributed by atoms with Crippen molar-refractivity contribution in [3.8, 4) is 5.75 Å². The van der Waals surface area contributed by atoms with Crippen LogP contribution >= 0.6 is 0 Å². The largest absolute Gasteiger partial charge is 0.497 e. The molecule has 0 aliphatic carbocycles. The van der Waals surface area contributed by atoms with E-state index in [0.717, 1.165) is 11.3 Å². The summed E-state index contributed by atoms with van der Waals surface area (Å²) in [4.78, 5) is 0. The second-order valence-corrected chi connectivity index (χ2v) is 4.53. The summed E-state index contributed by atoms with van der Waals surface area (Å²) >= 11 is 0. The summed E-state index contributed by atoms with van der Waals surface area (Å²) in [6.45, 7) is 0.392. The molecule has 1 saturated heterocycles. The van der Waals surface area contributed by atoms with E-state index in [0.29, 0.717) is 6.61 Å². The molecule has 0 bridgehead atoms. The third kappa shape index (κ3) is 2.45. The van der Waals surface area contributed by atoms with Gasteiger partial charge in [0.1, 0.15) is 18.0 Å². The van der Waals surface area contributed by atoms with Gasteiger partial charge in [0.25, 0.3) is 0 Å². The molecule has 3 rings (SSSR count). The molecular weight excluding hydrogens is 248 g/mol. The van der Waals surface area contributed by atoms with Gasteiger partial charge in [-0.15, -0.1) is 0 Å². The molecule has 4 atom stereocenters. The van der Waals surface area contributed by atoms with E-state index in [9.17, 15) is 5.11 Å². The number of hydrogen-bond acceptors (Lipinski definition) is 5. The van der Waals surface area contributed by atoms with E-state index >= 15 is 0 Å². The summed E-state index contributed by atoms with van der Waals surface area (Å²) in [5, 5.41) is 9.88. The number of benzene rings is 1. The topological polar surface area (TPSA) is 57.2 Å². The molecular formula is C14H16O5. The van der Waals surface area contributed by atoms with Crippen molar-refractivity contribution in [3.05, 3.63) is 42.2 Å². The Kier molecular flexibility index (Phi) is 3.42. The highest BCUT2D eigenvalue weighted by molar-refractivity contribution is 5.28. The van der Waals surface area contributed by atoms with Gasteiger partial charge in [-0.3, -0.25) is 0 Å². The minimum Gasteiger partial charge on any atom is -0.497 e. The molecule has 19 heavy (non-hydrogen) atoms. The zero-order chi connectivity index (χ0) is 13.2. The van der Waals surface area contributed by atoms with Crippen molar-refractivity contribution in [2.24, 2.45) is 0 Å². The number of ether oxygens (including phenoxy) is 4. The number of aliphatic hydroxyl groups is 1. The van der Waals surface area contributed by atoms with Crippen LogP contribution in [0.5, 0.6) is 5.75 Å². The van der Waals surface area contributed by atoms with Crippen molar-refractivity contribution in [1.29, 1.82) is 0 Å². The Hall–Kier alpha value is -1.56. The van der Waals surface area contributed by atoms with Crippen molar-refractivity contribution in [3.63, 3.8) is 0 Å². The molecule has 0 aromatic heterocycles. The van der Waals surface area contributed by atoms with Gasteiger partial charge in [0.15, 0.2) is 12.4 Å². The number of methoxy groups -OCH3 is 1. The molecule has 1 aromatic rings. The second kappa shape index (κ2) is 5.21. The van der Waals surface area contributed by atoms with E-state index in [1.165, 1.54) is 6.26 Å². The Labute approximate surface area is 111 Å². The van der Waals surface area contributed by atoms with Crippen LogP contribution in [0.3, 0.4) is 0 Å². The van der Waals surface area contributed by atoms with Crippen LogP contribution in [0.1, 0.15) is 11.9 Å². The highest BCUT2D eigenvalue weighted by atomic mass is 16.7. The molecule has 1 fully saturated rings. The normalized spacial score (nSPS) is 33.4. The zero-order valence-corrected chi connectivity index (χ0v) is 10.6. The van der Waals surface area contributed by atoms with Crippen molar-refractivity contribution in [1.82, 2.24) is 0 Å². The van der Waals surface area contributed by atoms with Crippen LogP contribution in [0.4, 0.5) is 0 Å². The van der Waals surface area contributed by atoms with Gasteiger partial charge in [-0.25, -0.2) is 0 Å². The summed E-state index contributed by atoms with van der Waals surface area (Å²) in [7, 11) is 1.62. The monoisotopic (exact) mass is 264 g/mol. The van der Waals surface area contributed by atoms with Crippen molar-refractivity contribution < 1.29 is 24.1 Å². The minimum atomic E-state index is -0.664. The van der Waals surface area contributed by atoms with Crippen molar-refractivity contribution in [2.45, 2.75) is 24.6 Å². The van der Waals surface area contributed by atoms with Crippen molar-refractivity contribution >= 4 is 0 Å². The van der Waals surface area contributed by atoms with Crippen LogP contribution in [0, 0.1) is 0 Å². The molecule has 102 valence electrons. The van der Waals surface area contributed by atoms with E-state index in [1.54, 1.807) is 13.2 Å². The fourth-order valence-electron chi connectivity index (χ4n) is 2.24. The highest BCUT2D eigenvalue weighted by Gasteiger charge is 2.39. The van der Waals surface area contributed by atoms with Crippen LogP contribution in [-0.4, -0.2) is 37.1 Å².